The first-order chi connectivity index (χ1) is 11.1. The van der Waals surface area contributed by atoms with E-state index in [1.807, 2.05) is 22.4 Å². The van der Waals surface area contributed by atoms with Gasteiger partial charge < -0.3 is 9.88 Å². The highest BCUT2D eigenvalue weighted by atomic mass is 35.5. The van der Waals surface area contributed by atoms with E-state index in [-0.39, 0.29) is 5.91 Å². The lowest BCUT2D eigenvalue weighted by Crippen LogP contribution is -2.32. The molecule has 0 spiro atoms. The minimum Gasteiger partial charge on any atom is -0.349 e. The van der Waals surface area contributed by atoms with Crippen molar-refractivity contribution in [2.45, 2.75) is 25.4 Å². The van der Waals surface area contributed by atoms with Crippen molar-refractivity contribution >= 4 is 51.3 Å². The van der Waals surface area contributed by atoms with Crippen molar-refractivity contribution in [1.82, 2.24) is 9.88 Å². The molecule has 3 aromatic rings. The van der Waals surface area contributed by atoms with Crippen molar-refractivity contribution in [2.75, 3.05) is 0 Å². The first-order valence-corrected chi connectivity index (χ1v) is 9.07. The van der Waals surface area contributed by atoms with Crippen LogP contribution in [0.2, 0.25) is 10.0 Å². The lowest BCUT2D eigenvalue weighted by molar-refractivity contribution is 0.0727. The molecule has 3 nitrogen and oxygen atoms in total. The third-order valence-corrected chi connectivity index (χ3v) is 5.55. The predicted molar refractivity (Wildman–Crippen MR) is 95.5 cm³/mol. The van der Waals surface area contributed by atoms with Gasteiger partial charge in [0.05, 0.1) is 11.6 Å². The van der Waals surface area contributed by atoms with E-state index in [1.165, 1.54) is 4.88 Å². The van der Waals surface area contributed by atoms with E-state index in [2.05, 4.69) is 11.1 Å². The van der Waals surface area contributed by atoms with E-state index in [9.17, 15) is 4.79 Å². The highest BCUT2D eigenvalue weighted by molar-refractivity contribution is 7.09. The van der Waals surface area contributed by atoms with Gasteiger partial charge in [-0.2, -0.15) is 0 Å². The fourth-order valence-corrected chi connectivity index (χ4v) is 3.90. The normalized spacial score (nSPS) is 14.3. The Morgan fingerprint density at radius 3 is 2.83 bits per heavy atom. The number of nitrogens with zero attached hydrogens (tertiary/aromatic N) is 1. The van der Waals surface area contributed by atoms with Gasteiger partial charge in [-0.25, -0.2) is 0 Å². The maximum atomic E-state index is 13.0. The van der Waals surface area contributed by atoms with Crippen molar-refractivity contribution in [3.63, 3.8) is 0 Å². The minimum absolute atomic E-state index is 0.0433. The second-order valence-corrected chi connectivity index (χ2v) is 7.59. The SMILES string of the molecule is O=C(c1[nH]c2ccc(Cl)cc2c1Cl)N(Cc1cccs1)C1CC1. The van der Waals surface area contributed by atoms with Crippen LogP contribution >= 0.6 is 34.5 Å². The lowest BCUT2D eigenvalue weighted by atomic mass is 10.2. The predicted octanol–water partition coefficient (Wildman–Crippen LogP) is 5.34. The van der Waals surface area contributed by atoms with Crippen molar-refractivity contribution in [1.29, 1.82) is 0 Å². The Morgan fingerprint density at radius 2 is 2.13 bits per heavy atom. The molecule has 6 heteroatoms. The second kappa shape index (κ2) is 5.86. The molecule has 1 aliphatic rings. The van der Waals surface area contributed by atoms with E-state index in [4.69, 9.17) is 23.2 Å². The van der Waals surface area contributed by atoms with Gasteiger partial charge in [-0.1, -0.05) is 29.3 Å². The third kappa shape index (κ3) is 2.87. The quantitative estimate of drug-likeness (QED) is 0.666. The van der Waals surface area contributed by atoms with Crippen LogP contribution in [0.15, 0.2) is 35.7 Å². The number of fused-ring (bicyclic) bond motifs is 1. The second-order valence-electron chi connectivity index (χ2n) is 5.75. The molecular weight excluding hydrogens is 351 g/mol. The fourth-order valence-electron chi connectivity index (χ4n) is 2.75. The number of nitrogens with one attached hydrogen (secondary N) is 1. The first-order valence-electron chi connectivity index (χ1n) is 7.43. The summed E-state index contributed by atoms with van der Waals surface area (Å²) in [5.41, 5.74) is 1.28. The molecule has 1 aromatic carbocycles. The number of H-pyrrole nitrogens is 1. The number of amides is 1. The highest BCUT2D eigenvalue weighted by Crippen LogP contribution is 2.34. The molecule has 0 aliphatic heterocycles. The Hall–Kier alpha value is -1.49. The van der Waals surface area contributed by atoms with Crippen LogP contribution in [0.25, 0.3) is 10.9 Å². The Bertz CT molecular complexity index is 868. The number of halogens is 2. The van der Waals surface area contributed by atoms with Crippen LogP contribution in [-0.4, -0.2) is 21.8 Å². The van der Waals surface area contributed by atoms with Crippen molar-refractivity contribution in [3.05, 3.63) is 56.3 Å². The monoisotopic (exact) mass is 364 g/mol. The Kier molecular flexibility index (Phi) is 3.84. The van der Waals surface area contributed by atoms with E-state index in [0.29, 0.717) is 28.3 Å². The zero-order valence-electron chi connectivity index (χ0n) is 12.2. The smallest absolute Gasteiger partial charge is 0.272 e. The summed E-state index contributed by atoms with van der Waals surface area (Å²) in [5, 5.41) is 3.87. The van der Waals surface area contributed by atoms with Crippen LogP contribution in [0.1, 0.15) is 28.2 Å². The van der Waals surface area contributed by atoms with Gasteiger partial charge in [-0.3, -0.25) is 4.79 Å². The summed E-state index contributed by atoms with van der Waals surface area (Å²) in [6.45, 7) is 0.633. The topological polar surface area (TPSA) is 36.1 Å². The molecule has 0 radical (unpaired) electrons. The number of carbonyl (C=O) groups excluding carboxylic acids is 1. The van der Waals surface area contributed by atoms with Gasteiger partial charge in [0, 0.05) is 26.8 Å². The Labute approximate surface area is 147 Å². The molecule has 23 heavy (non-hydrogen) atoms. The van der Waals surface area contributed by atoms with Crippen LogP contribution in [0.5, 0.6) is 0 Å². The van der Waals surface area contributed by atoms with Crippen LogP contribution < -0.4 is 0 Å². The molecule has 4 rings (SSSR count). The van der Waals surface area contributed by atoms with Gasteiger partial charge in [0.25, 0.3) is 5.91 Å². The molecule has 0 bridgehead atoms. The zero-order valence-corrected chi connectivity index (χ0v) is 14.5. The third-order valence-electron chi connectivity index (χ3n) is 4.07. The average Bonchev–Trinajstić information content (AvgIpc) is 3.16. The number of aromatic nitrogens is 1. The summed E-state index contributed by atoms with van der Waals surface area (Å²) in [7, 11) is 0. The van der Waals surface area contributed by atoms with Crippen molar-refractivity contribution in [3.8, 4) is 0 Å². The molecule has 0 saturated heterocycles. The zero-order chi connectivity index (χ0) is 16.0. The molecule has 118 valence electrons. The van der Waals surface area contributed by atoms with Crippen LogP contribution in [0.3, 0.4) is 0 Å². The first kappa shape index (κ1) is 15.1. The Balaban J connectivity index is 1.70. The average molecular weight is 365 g/mol. The molecular formula is C17H14Cl2N2OS. The summed E-state index contributed by atoms with van der Waals surface area (Å²) in [6, 6.07) is 9.80. The molecule has 1 amide bonds. The molecule has 1 aliphatic carbocycles. The molecule has 1 fully saturated rings. The van der Waals surface area contributed by atoms with Gasteiger partial charge in [0.15, 0.2) is 0 Å². The van der Waals surface area contributed by atoms with E-state index in [1.54, 1.807) is 23.5 Å². The van der Waals surface area contributed by atoms with Gasteiger partial charge in [0.1, 0.15) is 5.69 Å². The molecule has 2 aromatic heterocycles. The fraction of sp³-hybridized carbons (Fsp3) is 0.235. The number of carbonyl (C=O) groups is 1. The number of thiophene rings is 1. The molecule has 0 unspecified atom stereocenters. The number of benzene rings is 1. The van der Waals surface area contributed by atoms with E-state index in [0.717, 1.165) is 23.7 Å². The summed E-state index contributed by atoms with van der Waals surface area (Å²) in [5.74, 6) is -0.0433. The Morgan fingerprint density at radius 1 is 1.30 bits per heavy atom. The summed E-state index contributed by atoms with van der Waals surface area (Å²) < 4.78 is 0. The van der Waals surface area contributed by atoms with Gasteiger partial charge in [-0.15, -0.1) is 11.3 Å². The standard InChI is InChI=1S/C17H14Cl2N2OS/c18-10-3-6-14-13(8-10)15(19)16(20-14)17(22)21(11-4-5-11)9-12-2-1-7-23-12/h1-3,6-8,11,20H,4-5,9H2. The van der Waals surface area contributed by atoms with Crippen LogP contribution in [-0.2, 0) is 6.54 Å². The lowest BCUT2D eigenvalue weighted by Gasteiger charge is -2.21. The number of aromatic amines is 1. The van der Waals surface area contributed by atoms with E-state index < -0.39 is 0 Å². The van der Waals surface area contributed by atoms with Gasteiger partial charge in [0.2, 0.25) is 0 Å². The molecule has 1 saturated carbocycles. The molecule has 2 heterocycles. The number of hydrogen-bond acceptors (Lipinski definition) is 2. The number of hydrogen-bond donors (Lipinski definition) is 1. The summed E-state index contributed by atoms with van der Waals surface area (Å²) in [6.07, 6.45) is 2.11. The number of rotatable bonds is 4. The van der Waals surface area contributed by atoms with Gasteiger partial charge in [-0.05, 0) is 42.5 Å². The maximum absolute atomic E-state index is 13.0. The van der Waals surface area contributed by atoms with Crippen molar-refractivity contribution < 1.29 is 4.79 Å². The van der Waals surface area contributed by atoms with E-state index >= 15 is 0 Å². The van der Waals surface area contributed by atoms with Crippen molar-refractivity contribution in [2.24, 2.45) is 0 Å². The van der Waals surface area contributed by atoms with Crippen LogP contribution in [0, 0.1) is 0 Å². The summed E-state index contributed by atoms with van der Waals surface area (Å²) in [4.78, 5) is 19.3. The maximum Gasteiger partial charge on any atom is 0.272 e. The summed E-state index contributed by atoms with van der Waals surface area (Å²) >= 11 is 14.1. The molecule has 1 N–H and O–H groups in total. The largest absolute Gasteiger partial charge is 0.349 e. The molecule has 0 atom stereocenters. The van der Waals surface area contributed by atoms with Gasteiger partial charge >= 0.3 is 0 Å². The van der Waals surface area contributed by atoms with Crippen LogP contribution in [0.4, 0.5) is 0 Å². The highest BCUT2D eigenvalue weighted by Gasteiger charge is 2.35. The minimum atomic E-state index is -0.0433.